The van der Waals surface area contributed by atoms with Crippen molar-refractivity contribution in [3.05, 3.63) is 17.5 Å². The molecule has 2 saturated heterocycles. The third-order valence-corrected chi connectivity index (χ3v) is 5.33. The van der Waals surface area contributed by atoms with Gasteiger partial charge in [0.1, 0.15) is 11.1 Å². The van der Waals surface area contributed by atoms with Gasteiger partial charge in [0.15, 0.2) is 0 Å². The first-order valence-electron chi connectivity index (χ1n) is 7.91. The van der Waals surface area contributed by atoms with Crippen LogP contribution in [0.1, 0.15) is 17.7 Å². The summed E-state index contributed by atoms with van der Waals surface area (Å²) in [6.07, 6.45) is 2.52. The lowest BCUT2D eigenvalue weighted by molar-refractivity contribution is -0.166. The van der Waals surface area contributed by atoms with Crippen molar-refractivity contribution in [3.8, 4) is 0 Å². The van der Waals surface area contributed by atoms with E-state index in [1.165, 1.54) is 0 Å². The Labute approximate surface area is 133 Å². The Hall–Kier alpha value is -1.80. The lowest BCUT2D eigenvalue weighted by Gasteiger charge is -2.44. The van der Waals surface area contributed by atoms with E-state index in [1.54, 1.807) is 11.1 Å². The van der Waals surface area contributed by atoms with Crippen LogP contribution in [-0.4, -0.2) is 59.3 Å². The predicted molar refractivity (Wildman–Crippen MR) is 80.1 cm³/mol. The molecule has 1 aromatic heterocycles. The number of amides is 1. The average Bonchev–Trinajstić information content (AvgIpc) is 2.91. The molecule has 1 amide bonds. The molecule has 1 aromatic rings. The summed E-state index contributed by atoms with van der Waals surface area (Å²) in [5, 5.41) is 3.05. The Balaban J connectivity index is 1.61. The Kier molecular flexibility index (Phi) is 3.28. The van der Waals surface area contributed by atoms with Crippen LogP contribution in [0.4, 0.5) is 10.3 Å². The van der Waals surface area contributed by atoms with E-state index in [1.807, 2.05) is 0 Å². The highest BCUT2D eigenvalue weighted by Crippen LogP contribution is 2.46. The molecule has 23 heavy (non-hydrogen) atoms. The normalized spacial score (nSPS) is 33.2. The SMILES string of the molecule is Nc1ncc2c(n1)CCN(C(=O)[C@]13CNC[C@@]1(F)CCOC3)C2. The van der Waals surface area contributed by atoms with E-state index >= 15 is 4.39 Å². The largest absolute Gasteiger partial charge is 0.380 e. The maximum atomic E-state index is 15.3. The molecule has 0 radical (unpaired) electrons. The number of nitrogen functional groups attached to an aromatic ring is 1. The van der Waals surface area contributed by atoms with Crippen LogP contribution in [0.15, 0.2) is 6.20 Å². The maximum Gasteiger partial charge on any atom is 0.236 e. The van der Waals surface area contributed by atoms with Crippen LogP contribution in [0.5, 0.6) is 0 Å². The number of anilines is 1. The van der Waals surface area contributed by atoms with E-state index in [9.17, 15) is 4.79 Å². The van der Waals surface area contributed by atoms with Crippen LogP contribution in [0.25, 0.3) is 0 Å². The smallest absolute Gasteiger partial charge is 0.236 e. The van der Waals surface area contributed by atoms with Crippen molar-refractivity contribution >= 4 is 11.9 Å². The van der Waals surface area contributed by atoms with Crippen LogP contribution in [0.2, 0.25) is 0 Å². The van der Waals surface area contributed by atoms with Crippen molar-refractivity contribution in [1.29, 1.82) is 0 Å². The van der Waals surface area contributed by atoms with Crippen molar-refractivity contribution in [2.75, 3.05) is 38.6 Å². The highest BCUT2D eigenvalue weighted by molar-refractivity contribution is 5.85. The lowest BCUT2D eigenvalue weighted by atomic mass is 9.71. The topological polar surface area (TPSA) is 93.4 Å². The second kappa shape index (κ2) is 5.10. The van der Waals surface area contributed by atoms with Crippen LogP contribution < -0.4 is 11.1 Å². The second-order valence-electron chi connectivity index (χ2n) is 6.63. The molecule has 4 heterocycles. The zero-order valence-electron chi connectivity index (χ0n) is 12.8. The number of fused-ring (bicyclic) bond motifs is 2. The van der Waals surface area contributed by atoms with Gasteiger partial charge in [0, 0.05) is 57.4 Å². The van der Waals surface area contributed by atoms with E-state index in [-0.39, 0.29) is 31.4 Å². The lowest BCUT2D eigenvalue weighted by Crippen LogP contribution is -2.60. The molecule has 0 bridgehead atoms. The number of alkyl halides is 1. The summed E-state index contributed by atoms with van der Waals surface area (Å²) in [6.45, 7) is 1.95. The van der Waals surface area contributed by atoms with Crippen molar-refractivity contribution in [1.82, 2.24) is 20.2 Å². The molecular weight excluding hydrogens is 301 g/mol. The predicted octanol–water partition coefficient (Wildman–Crippen LogP) is -0.338. The Bertz CT molecular complexity index is 657. The van der Waals surface area contributed by atoms with E-state index < -0.39 is 11.1 Å². The van der Waals surface area contributed by atoms with Gasteiger partial charge in [0.05, 0.1) is 12.3 Å². The van der Waals surface area contributed by atoms with Crippen molar-refractivity contribution < 1.29 is 13.9 Å². The number of rotatable bonds is 1. The highest BCUT2D eigenvalue weighted by Gasteiger charge is 2.63. The van der Waals surface area contributed by atoms with Crippen molar-refractivity contribution in [3.63, 3.8) is 0 Å². The summed E-state index contributed by atoms with van der Waals surface area (Å²) in [5.41, 5.74) is 4.71. The van der Waals surface area contributed by atoms with Gasteiger partial charge in [0.25, 0.3) is 0 Å². The Morgan fingerprint density at radius 2 is 2.35 bits per heavy atom. The monoisotopic (exact) mass is 321 g/mol. The molecule has 3 N–H and O–H groups in total. The van der Waals surface area contributed by atoms with Crippen LogP contribution in [0.3, 0.4) is 0 Å². The fourth-order valence-electron chi connectivity index (χ4n) is 3.93. The average molecular weight is 321 g/mol. The molecule has 3 aliphatic heterocycles. The summed E-state index contributed by atoms with van der Waals surface area (Å²) in [6, 6.07) is 0. The van der Waals surface area contributed by atoms with Crippen LogP contribution >= 0.6 is 0 Å². The molecular formula is C15H20FN5O2. The van der Waals surface area contributed by atoms with Gasteiger partial charge in [-0.3, -0.25) is 4.79 Å². The number of ether oxygens (including phenoxy) is 1. The summed E-state index contributed by atoms with van der Waals surface area (Å²) >= 11 is 0. The second-order valence-corrected chi connectivity index (χ2v) is 6.63. The number of aromatic nitrogens is 2. The highest BCUT2D eigenvalue weighted by atomic mass is 19.1. The molecule has 2 atom stereocenters. The van der Waals surface area contributed by atoms with Crippen molar-refractivity contribution in [2.45, 2.75) is 25.1 Å². The number of hydrogen-bond acceptors (Lipinski definition) is 6. The Morgan fingerprint density at radius 1 is 1.48 bits per heavy atom. The number of nitrogens with two attached hydrogens (primary N) is 1. The fourth-order valence-corrected chi connectivity index (χ4v) is 3.93. The quantitative estimate of drug-likeness (QED) is 0.735. The van der Waals surface area contributed by atoms with Gasteiger partial charge >= 0.3 is 0 Å². The molecule has 7 nitrogen and oxygen atoms in total. The van der Waals surface area contributed by atoms with E-state index in [4.69, 9.17) is 10.5 Å². The maximum absolute atomic E-state index is 15.3. The standard InChI is InChI=1S/C15H20FN5O2/c16-15-2-4-23-9-14(15,7-18-8-15)12(22)21-3-1-11-10(6-21)5-19-13(17)20-11/h5,18H,1-4,6-9H2,(H2,17,19,20)/t14-,15+/m1/s1. The third kappa shape index (κ3) is 2.12. The van der Waals surface area contributed by atoms with E-state index in [2.05, 4.69) is 15.3 Å². The van der Waals surface area contributed by atoms with Gasteiger partial charge in [0.2, 0.25) is 11.9 Å². The van der Waals surface area contributed by atoms with Gasteiger partial charge < -0.3 is 20.7 Å². The number of halogens is 1. The molecule has 4 rings (SSSR count). The first-order chi connectivity index (χ1) is 11.0. The molecule has 8 heteroatoms. The summed E-state index contributed by atoms with van der Waals surface area (Å²) in [7, 11) is 0. The first kappa shape index (κ1) is 14.8. The minimum absolute atomic E-state index is 0.136. The molecule has 0 aliphatic carbocycles. The molecule has 0 saturated carbocycles. The van der Waals surface area contributed by atoms with Crippen LogP contribution in [0, 0.1) is 5.41 Å². The summed E-state index contributed by atoms with van der Waals surface area (Å²) < 4.78 is 20.8. The first-order valence-corrected chi connectivity index (χ1v) is 7.91. The number of nitrogens with zero attached hydrogens (tertiary/aromatic N) is 3. The molecule has 3 aliphatic rings. The minimum Gasteiger partial charge on any atom is -0.380 e. The van der Waals surface area contributed by atoms with Gasteiger partial charge in [-0.15, -0.1) is 0 Å². The van der Waals surface area contributed by atoms with Gasteiger partial charge in [-0.25, -0.2) is 14.4 Å². The fraction of sp³-hybridized carbons (Fsp3) is 0.667. The number of carbonyl (C=O) groups excluding carboxylic acids is 1. The van der Waals surface area contributed by atoms with Gasteiger partial charge in [-0.05, 0) is 0 Å². The van der Waals surface area contributed by atoms with E-state index in [0.29, 0.717) is 32.7 Å². The summed E-state index contributed by atoms with van der Waals surface area (Å²) in [5.74, 6) is 0.0674. The number of hydrogen-bond donors (Lipinski definition) is 2. The minimum atomic E-state index is -1.53. The molecule has 0 unspecified atom stereocenters. The zero-order valence-corrected chi connectivity index (χ0v) is 12.8. The summed E-state index contributed by atoms with van der Waals surface area (Å²) in [4.78, 5) is 23.1. The van der Waals surface area contributed by atoms with Gasteiger partial charge in [-0.2, -0.15) is 0 Å². The number of nitrogens with one attached hydrogen (secondary N) is 1. The molecule has 2 fully saturated rings. The van der Waals surface area contributed by atoms with Gasteiger partial charge in [-0.1, -0.05) is 0 Å². The molecule has 0 aromatic carbocycles. The van der Waals surface area contributed by atoms with E-state index in [0.717, 1.165) is 11.3 Å². The van der Waals surface area contributed by atoms with Crippen LogP contribution in [-0.2, 0) is 22.5 Å². The number of carbonyl (C=O) groups is 1. The Morgan fingerprint density at radius 3 is 3.22 bits per heavy atom. The zero-order chi connectivity index (χ0) is 16.1. The molecule has 124 valence electrons. The third-order valence-electron chi connectivity index (χ3n) is 5.33. The van der Waals surface area contributed by atoms with Crippen molar-refractivity contribution in [2.24, 2.45) is 5.41 Å². The molecule has 0 spiro atoms.